The molecule has 1 heterocycles. The van der Waals surface area contributed by atoms with Gasteiger partial charge in [-0.05, 0) is 25.8 Å². The Morgan fingerprint density at radius 3 is 2.76 bits per heavy atom. The van der Waals surface area contributed by atoms with Crippen molar-refractivity contribution in [3.63, 3.8) is 0 Å². The molecule has 1 aromatic heterocycles. The Labute approximate surface area is 129 Å². The fourth-order valence-corrected chi connectivity index (χ4v) is 3.16. The van der Waals surface area contributed by atoms with Gasteiger partial charge in [-0.3, -0.25) is 9.69 Å². The Hall–Kier alpha value is -1.08. The van der Waals surface area contributed by atoms with Crippen molar-refractivity contribution in [3.8, 4) is 0 Å². The van der Waals surface area contributed by atoms with Crippen LogP contribution in [-0.2, 0) is 17.8 Å². The third-order valence-electron chi connectivity index (χ3n) is 3.67. The van der Waals surface area contributed by atoms with Gasteiger partial charge in [0.05, 0.1) is 5.75 Å². The Morgan fingerprint density at radius 1 is 1.43 bits per heavy atom. The van der Waals surface area contributed by atoms with Crippen LogP contribution >= 0.6 is 11.8 Å². The molecule has 1 N–H and O–H groups in total. The minimum atomic E-state index is -0.820. The van der Waals surface area contributed by atoms with E-state index in [9.17, 15) is 4.79 Å². The van der Waals surface area contributed by atoms with Crippen LogP contribution in [0.3, 0.4) is 0 Å². The van der Waals surface area contributed by atoms with Crippen molar-refractivity contribution in [2.45, 2.75) is 57.3 Å². The highest BCUT2D eigenvalue weighted by Crippen LogP contribution is 2.26. The summed E-state index contributed by atoms with van der Waals surface area (Å²) in [5, 5.41) is 17.9. The molecule has 0 atom stereocenters. The van der Waals surface area contributed by atoms with E-state index in [1.165, 1.54) is 24.6 Å². The number of likely N-dealkylation sites (N-methyl/N-ethyl adjacent to an activating group) is 1. The Balaban J connectivity index is 2.02. The van der Waals surface area contributed by atoms with Gasteiger partial charge in [-0.25, -0.2) is 0 Å². The van der Waals surface area contributed by atoms with Gasteiger partial charge in [0, 0.05) is 25.6 Å². The summed E-state index contributed by atoms with van der Waals surface area (Å²) in [5.74, 6) is 0.182. The summed E-state index contributed by atoms with van der Waals surface area (Å²) in [7, 11) is 0. The van der Waals surface area contributed by atoms with Crippen LogP contribution in [0.1, 0.15) is 38.9 Å². The molecule has 1 aromatic rings. The molecule has 0 radical (unpaired) electrons. The number of carboxylic acids is 1. The average Bonchev–Trinajstić information content (AvgIpc) is 3.22. The molecule has 0 saturated heterocycles. The number of aryl methyl sites for hydroxylation is 1. The third kappa shape index (κ3) is 4.71. The van der Waals surface area contributed by atoms with E-state index in [1.807, 2.05) is 0 Å². The van der Waals surface area contributed by atoms with E-state index in [-0.39, 0.29) is 5.75 Å². The average molecular weight is 312 g/mol. The van der Waals surface area contributed by atoms with Gasteiger partial charge in [0.15, 0.2) is 5.16 Å². The third-order valence-corrected chi connectivity index (χ3v) is 4.62. The van der Waals surface area contributed by atoms with E-state index in [0.717, 1.165) is 49.5 Å². The zero-order chi connectivity index (χ0) is 15.2. The second-order valence-corrected chi connectivity index (χ2v) is 6.29. The van der Waals surface area contributed by atoms with Crippen molar-refractivity contribution >= 4 is 17.7 Å². The zero-order valence-corrected chi connectivity index (χ0v) is 13.6. The van der Waals surface area contributed by atoms with Gasteiger partial charge < -0.3 is 9.67 Å². The summed E-state index contributed by atoms with van der Waals surface area (Å²) in [5.41, 5.74) is 0. The fraction of sp³-hybridized carbons (Fsp3) is 0.786. The first kappa shape index (κ1) is 16.3. The van der Waals surface area contributed by atoms with Crippen LogP contribution in [0.4, 0.5) is 0 Å². The topological polar surface area (TPSA) is 71.2 Å². The van der Waals surface area contributed by atoms with Gasteiger partial charge >= 0.3 is 5.97 Å². The summed E-state index contributed by atoms with van der Waals surface area (Å²) in [4.78, 5) is 13.2. The minimum Gasteiger partial charge on any atom is -0.481 e. The van der Waals surface area contributed by atoms with Gasteiger partial charge in [-0.15, -0.1) is 10.2 Å². The number of aliphatic carboxylic acids is 1. The lowest BCUT2D eigenvalue weighted by molar-refractivity contribution is -0.133. The highest BCUT2D eigenvalue weighted by Gasteiger charge is 2.27. The Morgan fingerprint density at radius 2 is 2.19 bits per heavy atom. The largest absolute Gasteiger partial charge is 0.481 e. The first-order valence-corrected chi connectivity index (χ1v) is 8.65. The van der Waals surface area contributed by atoms with E-state index in [0.29, 0.717) is 0 Å². The number of rotatable bonds is 10. The van der Waals surface area contributed by atoms with Crippen molar-refractivity contribution in [2.75, 3.05) is 18.8 Å². The summed E-state index contributed by atoms with van der Waals surface area (Å²) < 4.78 is 2.10. The summed E-state index contributed by atoms with van der Waals surface area (Å²) >= 11 is 1.26. The number of hydrogen-bond acceptors (Lipinski definition) is 5. The normalized spacial score (nSPS) is 14.8. The highest BCUT2D eigenvalue weighted by molar-refractivity contribution is 7.99. The van der Waals surface area contributed by atoms with Gasteiger partial charge in [0.2, 0.25) is 0 Å². The van der Waals surface area contributed by atoms with E-state index >= 15 is 0 Å². The summed E-state index contributed by atoms with van der Waals surface area (Å²) in [6, 6.07) is 0.747. The lowest BCUT2D eigenvalue weighted by atomic mass is 10.3. The van der Waals surface area contributed by atoms with Crippen molar-refractivity contribution < 1.29 is 9.90 Å². The van der Waals surface area contributed by atoms with Gasteiger partial charge in [-0.1, -0.05) is 25.6 Å². The van der Waals surface area contributed by atoms with Crippen LogP contribution in [0.15, 0.2) is 5.16 Å². The van der Waals surface area contributed by atoms with E-state index in [4.69, 9.17) is 5.11 Å². The maximum Gasteiger partial charge on any atom is 0.313 e. The lowest BCUT2D eigenvalue weighted by Gasteiger charge is -2.20. The quantitative estimate of drug-likeness (QED) is 0.665. The molecular weight excluding hydrogens is 288 g/mol. The predicted molar refractivity (Wildman–Crippen MR) is 82.6 cm³/mol. The van der Waals surface area contributed by atoms with Crippen molar-refractivity contribution in [3.05, 3.63) is 5.82 Å². The molecule has 2 rings (SSSR count). The molecule has 0 aliphatic heterocycles. The smallest absolute Gasteiger partial charge is 0.313 e. The standard InChI is InChI=1S/C14H24N4O2S/c1-3-5-12-15-16-14(21-10-13(19)20)18(12)9-8-17(4-2)11-6-7-11/h11H,3-10H2,1-2H3,(H,19,20). The molecule has 1 fully saturated rings. The highest BCUT2D eigenvalue weighted by atomic mass is 32.2. The Kier molecular flexibility index (Phi) is 6.05. The molecule has 0 amide bonds. The fourth-order valence-electron chi connectivity index (χ4n) is 2.45. The molecule has 0 unspecified atom stereocenters. The predicted octanol–water partition coefficient (Wildman–Crippen LogP) is 1.89. The molecule has 7 heteroatoms. The maximum atomic E-state index is 10.7. The monoisotopic (exact) mass is 312 g/mol. The molecule has 6 nitrogen and oxygen atoms in total. The molecule has 118 valence electrons. The van der Waals surface area contributed by atoms with Crippen molar-refractivity contribution in [2.24, 2.45) is 0 Å². The van der Waals surface area contributed by atoms with Gasteiger partial charge in [0.25, 0.3) is 0 Å². The van der Waals surface area contributed by atoms with Crippen molar-refractivity contribution in [1.29, 1.82) is 0 Å². The summed E-state index contributed by atoms with van der Waals surface area (Å²) in [6.45, 7) is 7.20. The molecule has 1 saturated carbocycles. The van der Waals surface area contributed by atoms with Crippen LogP contribution in [0.2, 0.25) is 0 Å². The number of nitrogens with zero attached hydrogens (tertiary/aromatic N) is 4. The van der Waals surface area contributed by atoms with E-state index < -0.39 is 5.97 Å². The van der Waals surface area contributed by atoms with Crippen LogP contribution in [0.25, 0.3) is 0 Å². The van der Waals surface area contributed by atoms with Crippen LogP contribution in [0, 0.1) is 0 Å². The SMILES string of the molecule is CCCc1nnc(SCC(=O)O)n1CCN(CC)C1CC1. The summed E-state index contributed by atoms with van der Waals surface area (Å²) in [6.07, 6.45) is 4.51. The number of carboxylic acid groups (broad SMARTS) is 1. The Bertz CT molecular complexity index is 474. The zero-order valence-electron chi connectivity index (χ0n) is 12.8. The number of aromatic nitrogens is 3. The van der Waals surface area contributed by atoms with Crippen LogP contribution in [-0.4, -0.2) is 55.6 Å². The van der Waals surface area contributed by atoms with Crippen LogP contribution < -0.4 is 0 Å². The number of thioether (sulfide) groups is 1. The molecule has 21 heavy (non-hydrogen) atoms. The van der Waals surface area contributed by atoms with Gasteiger partial charge in [0.1, 0.15) is 5.82 Å². The molecule has 0 spiro atoms. The lowest BCUT2D eigenvalue weighted by Crippen LogP contribution is -2.30. The van der Waals surface area contributed by atoms with Crippen LogP contribution in [0.5, 0.6) is 0 Å². The molecule has 0 aromatic carbocycles. The number of hydrogen-bond donors (Lipinski definition) is 1. The first-order chi connectivity index (χ1) is 10.2. The first-order valence-electron chi connectivity index (χ1n) is 7.66. The van der Waals surface area contributed by atoms with E-state index in [2.05, 4.69) is 33.5 Å². The van der Waals surface area contributed by atoms with E-state index in [1.54, 1.807) is 0 Å². The second kappa shape index (κ2) is 7.79. The molecule has 1 aliphatic rings. The number of carbonyl (C=O) groups is 1. The second-order valence-electron chi connectivity index (χ2n) is 5.34. The van der Waals surface area contributed by atoms with Crippen molar-refractivity contribution in [1.82, 2.24) is 19.7 Å². The molecule has 0 bridgehead atoms. The molecular formula is C14H24N4O2S. The molecule has 1 aliphatic carbocycles. The minimum absolute atomic E-state index is 0.0321. The maximum absolute atomic E-state index is 10.7. The van der Waals surface area contributed by atoms with Gasteiger partial charge in [-0.2, -0.15) is 0 Å².